The first-order chi connectivity index (χ1) is 11.6. The second-order valence-corrected chi connectivity index (χ2v) is 7.17. The molecule has 2 aromatic rings. The van der Waals surface area contributed by atoms with Crippen LogP contribution in [-0.2, 0) is 17.7 Å². The average Bonchev–Trinajstić information content (AvgIpc) is 2.97. The van der Waals surface area contributed by atoms with Gasteiger partial charge in [0, 0.05) is 47.8 Å². The molecule has 0 unspecified atom stereocenters. The summed E-state index contributed by atoms with van der Waals surface area (Å²) in [6.07, 6.45) is 2.48. The summed E-state index contributed by atoms with van der Waals surface area (Å²) in [5.41, 5.74) is 0.975. The standard InChI is InChI=1S/C18H25N3O2S/c1-14(12-16-6-4-5-9-19-16)20-18(22)21(10-11-23-3)13-17-8-7-15(2)24-17/h4-9,14H,10-13H2,1-3H3,(H,20,22)/t14-/m0/s1. The lowest BCUT2D eigenvalue weighted by atomic mass is 10.1. The van der Waals surface area contributed by atoms with Crippen molar-refractivity contribution < 1.29 is 9.53 Å². The zero-order chi connectivity index (χ0) is 17.4. The number of ether oxygens (including phenoxy) is 1. The monoisotopic (exact) mass is 347 g/mol. The molecule has 0 aliphatic rings. The highest BCUT2D eigenvalue weighted by atomic mass is 32.1. The maximum atomic E-state index is 12.6. The first-order valence-electron chi connectivity index (χ1n) is 8.08. The molecule has 2 aromatic heterocycles. The number of aromatic nitrogens is 1. The molecule has 0 aromatic carbocycles. The van der Waals surface area contributed by atoms with Gasteiger partial charge in [0.1, 0.15) is 0 Å². The van der Waals surface area contributed by atoms with Crippen LogP contribution >= 0.6 is 11.3 Å². The van der Waals surface area contributed by atoms with E-state index in [9.17, 15) is 4.79 Å². The molecule has 2 rings (SSSR count). The van der Waals surface area contributed by atoms with E-state index in [1.165, 1.54) is 9.75 Å². The lowest BCUT2D eigenvalue weighted by Gasteiger charge is -2.24. The first kappa shape index (κ1) is 18.4. The van der Waals surface area contributed by atoms with Crippen molar-refractivity contribution in [3.05, 3.63) is 52.0 Å². The Morgan fingerprint density at radius 3 is 2.83 bits per heavy atom. The van der Waals surface area contributed by atoms with E-state index in [1.54, 1.807) is 29.5 Å². The minimum absolute atomic E-state index is 0.0162. The average molecular weight is 347 g/mol. The van der Waals surface area contributed by atoms with Gasteiger partial charge in [-0.25, -0.2) is 4.79 Å². The minimum atomic E-state index is -0.0680. The van der Waals surface area contributed by atoms with Gasteiger partial charge in [-0.15, -0.1) is 11.3 Å². The Bertz CT molecular complexity index is 630. The van der Waals surface area contributed by atoms with Crippen molar-refractivity contribution in [3.8, 4) is 0 Å². The second-order valence-electron chi connectivity index (χ2n) is 5.80. The highest BCUT2D eigenvalue weighted by Crippen LogP contribution is 2.17. The topological polar surface area (TPSA) is 54.5 Å². The van der Waals surface area contributed by atoms with Crippen molar-refractivity contribution in [1.29, 1.82) is 0 Å². The molecule has 6 heteroatoms. The third kappa shape index (κ3) is 5.94. The third-order valence-electron chi connectivity index (χ3n) is 3.61. The van der Waals surface area contributed by atoms with Crippen LogP contribution in [0.2, 0.25) is 0 Å². The molecule has 5 nitrogen and oxygen atoms in total. The molecule has 24 heavy (non-hydrogen) atoms. The molecule has 0 saturated heterocycles. The number of amides is 2. The summed E-state index contributed by atoms with van der Waals surface area (Å²) in [5, 5.41) is 3.06. The summed E-state index contributed by atoms with van der Waals surface area (Å²) in [6.45, 7) is 5.75. The molecule has 1 atom stereocenters. The van der Waals surface area contributed by atoms with Crippen molar-refractivity contribution >= 4 is 17.4 Å². The van der Waals surface area contributed by atoms with Gasteiger partial charge in [-0.2, -0.15) is 0 Å². The van der Waals surface area contributed by atoms with Crippen LogP contribution in [0.3, 0.4) is 0 Å². The lowest BCUT2D eigenvalue weighted by molar-refractivity contribution is 0.145. The van der Waals surface area contributed by atoms with E-state index in [2.05, 4.69) is 29.4 Å². The zero-order valence-corrected chi connectivity index (χ0v) is 15.3. The molecule has 130 valence electrons. The Kier molecular flexibility index (Phi) is 7.21. The highest BCUT2D eigenvalue weighted by molar-refractivity contribution is 7.11. The first-order valence-corrected chi connectivity index (χ1v) is 8.89. The van der Waals surface area contributed by atoms with Crippen LogP contribution in [0.25, 0.3) is 0 Å². The molecule has 0 fully saturated rings. The number of rotatable bonds is 8. The maximum absolute atomic E-state index is 12.6. The number of hydrogen-bond acceptors (Lipinski definition) is 4. The van der Waals surface area contributed by atoms with Gasteiger partial charge in [0.2, 0.25) is 0 Å². The number of urea groups is 1. The van der Waals surface area contributed by atoms with Crippen LogP contribution in [0, 0.1) is 6.92 Å². The normalized spacial score (nSPS) is 12.0. The van der Waals surface area contributed by atoms with Crippen molar-refractivity contribution in [2.24, 2.45) is 0 Å². The number of nitrogens with one attached hydrogen (secondary N) is 1. The predicted octanol–water partition coefficient (Wildman–Crippen LogP) is 3.24. The lowest BCUT2D eigenvalue weighted by Crippen LogP contribution is -2.45. The summed E-state index contributed by atoms with van der Waals surface area (Å²) < 4.78 is 5.14. The zero-order valence-electron chi connectivity index (χ0n) is 14.5. The number of nitrogens with zero attached hydrogens (tertiary/aromatic N) is 2. The Morgan fingerprint density at radius 2 is 2.21 bits per heavy atom. The molecule has 2 heterocycles. The van der Waals surface area contributed by atoms with Gasteiger partial charge < -0.3 is 15.0 Å². The van der Waals surface area contributed by atoms with Gasteiger partial charge in [0.05, 0.1) is 13.2 Å². The van der Waals surface area contributed by atoms with E-state index in [0.717, 1.165) is 5.69 Å². The van der Waals surface area contributed by atoms with Crippen LogP contribution in [0.5, 0.6) is 0 Å². The van der Waals surface area contributed by atoms with Crippen LogP contribution in [0.4, 0.5) is 4.79 Å². The van der Waals surface area contributed by atoms with E-state index in [-0.39, 0.29) is 12.1 Å². The Labute approximate surface area is 147 Å². The van der Waals surface area contributed by atoms with Crippen LogP contribution < -0.4 is 5.32 Å². The molecule has 0 spiro atoms. The van der Waals surface area contributed by atoms with Gasteiger partial charge in [0.15, 0.2) is 0 Å². The molecule has 0 aliphatic heterocycles. The molecular weight excluding hydrogens is 322 g/mol. The van der Waals surface area contributed by atoms with E-state index in [0.29, 0.717) is 26.1 Å². The van der Waals surface area contributed by atoms with Gasteiger partial charge >= 0.3 is 6.03 Å². The van der Waals surface area contributed by atoms with E-state index in [4.69, 9.17) is 4.74 Å². The quantitative estimate of drug-likeness (QED) is 0.797. The maximum Gasteiger partial charge on any atom is 0.318 e. The Balaban J connectivity index is 1.93. The minimum Gasteiger partial charge on any atom is -0.383 e. The molecule has 0 radical (unpaired) electrons. The highest BCUT2D eigenvalue weighted by Gasteiger charge is 2.17. The fourth-order valence-corrected chi connectivity index (χ4v) is 3.30. The van der Waals surface area contributed by atoms with Gasteiger partial charge in [-0.1, -0.05) is 6.07 Å². The Hall–Kier alpha value is -1.92. The fourth-order valence-electron chi connectivity index (χ4n) is 2.40. The number of methoxy groups -OCH3 is 1. The molecule has 0 bridgehead atoms. The summed E-state index contributed by atoms with van der Waals surface area (Å²) in [6, 6.07) is 9.92. The van der Waals surface area contributed by atoms with Crippen molar-refractivity contribution in [2.75, 3.05) is 20.3 Å². The number of carbonyl (C=O) groups excluding carboxylic acids is 1. The summed E-state index contributed by atoms with van der Waals surface area (Å²) in [5.74, 6) is 0. The van der Waals surface area contributed by atoms with Gasteiger partial charge in [0.25, 0.3) is 0 Å². The number of carbonyl (C=O) groups is 1. The van der Waals surface area contributed by atoms with E-state index < -0.39 is 0 Å². The molecular formula is C18H25N3O2S. The molecule has 2 amide bonds. The number of hydrogen-bond donors (Lipinski definition) is 1. The van der Waals surface area contributed by atoms with Crippen LogP contribution in [0.15, 0.2) is 36.5 Å². The largest absolute Gasteiger partial charge is 0.383 e. The molecule has 1 N–H and O–H groups in total. The van der Waals surface area contributed by atoms with Crippen molar-refractivity contribution in [2.45, 2.75) is 32.9 Å². The Morgan fingerprint density at radius 1 is 1.38 bits per heavy atom. The van der Waals surface area contributed by atoms with Gasteiger partial charge in [-0.3, -0.25) is 4.98 Å². The summed E-state index contributed by atoms with van der Waals surface area (Å²) in [7, 11) is 1.65. The number of pyridine rings is 1. The van der Waals surface area contributed by atoms with Crippen molar-refractivity contribution in [1.82, 2.24) is 15.2 Å². The second kappa shape index (κ2) is 9.39. The fraction of sp³-hybridized carbons (Fsp3) is 0.444. The summed E-state index contributed by atoms with van der Waals surface area (Å²) in [4.78, 5) is 21.1. The smallest absolute Gasteiger partial charge is 0.318 e. The molecule has 0 aliphatic carbocycles. The van der Waals surface area contributed by atoms with Crippen LogP contribution in [0.1, 0.15) is 22.4 Å². The number of thiophene rings is 1. The summed E-state index contributed by atoms with van der Waals surface area (Å²) >= 11 is 1.72. The van der Waals surface area contributed by atoms with Crippen molar-refractivity contribution in [3.63, 3.8) is 0 Å². The SMILES string of the molecule is COCCN(Cc1ccc(C)s1)C(=O)N[C@@H](C)Cc1ccccn1. The van der Waals surface area contributed by atoms with Crippen LogP contribution in [-0.4, -0.2) is 42.2 Å². The predicted molar refractivity (Wildman–Crippen MR) is 97.3 cm³/mol. The third-order valence-corrected chi connectivity index (χ3v) is 4.59. The van der Waals surface area contributed by atoms with E-state index >= 15 is 0 Å². The molecule has 0 saturated carbocycles. The van der Waals surface area contributed by atoms with Gasteiger partial charge in [-0.05, 0) is 38.1 Å². The number of aryl methyl sites for hydroxylation is 1. The van der Waals surface area contributed by atoms with E-state index in [1.807, 2.05) is 25.1 Å².